The fraction of sp³-hybridized carbons (Fsp3) is 0.389. The lowest BCUT2D eigenvalue weighted by atomic mass is 10.1. The second-order valence-electron chi connectivity index (χ2n) is 6.13. The highest BCUT2D eigenvalue weighted by Crippen LogP contribution is 2.30. The summed E-state index contributed by atoms with van der Waals surface area (Å²) in [6.07, 6.45) is 2.79. The number of guanidine groups is 1. The number of hydrogen-bond acceptors (Lipinski definition) is 3. The van der Waals surface area contributed by atoms with Crippen LogP contribution >= 0.6 is 24.0 Å². The molecule has 0 saturated heterocycles. The molecule has 116 valence electrons. The van der Waals surface area contributed by atoms with E-state index in [1.165, 1.54) is 35.7 Å². The molecule has 3 nitrogen and oxygen atoms in total. The van der Waals surface area contributed by atoms with Crippen molar-refractivity contribution in [2.24, 2.45) is 10.9 Å². The lowest BCUT2D eigenvalue weighted by Crippen LogP contribution is -2.39. The van der Waals surface area contributed by atoms with Crippen LogP contribution in [-0.4, -0.2) is 30.5 Å². The highest BCUT2D eigenvalue weighted by Gasteiger charge is 2.27. The normalized spacial score (nSPS) is 17.3. The average Bonchev–Trinajstić information content (AvgIpc) is 3.23. The van der Waals surface area contributed by atoms with Gasteiger partial charge in [0.15, 0.2) is 5.96 Å². The molecule has 0 bridgehead atoms. The molecule has 2 aliphatic rings. The fourth-order valence-electron chi connectivity index (χ4n) is 2.97. The molecule has 1 heterocycles. The summed E-state index contributed by atoms with van der Waals surface area (Å²) in [5.74, 6) is 2.01. The van der Waals surface area contributed by atoms with Crippen LogP contribution in [0, 0.1) is 5.92 Å². The maximum absolute atomic E-state index is 4.61. The zero-order chi connectivity index (χ0) is 14.1. The number of aliphatic imine (C=N–C) groups is 1. The largest absolute Gasteiger partial charge is 0.352 e. The molecular formula is C18H22IN3. The third-order valence-electron chi connectivity index (χ3n) is 4.37. The second kappa shape index (κ2) is 6.86. The first-order valence-electron chi connectivity index (χ1n) is 7.89. The van der Waals surface area contributed by atoms with Crippen molar-refractivity contribution in [3.05, 3.63) is 48.0 Å². The van der Waals surface area contributed by atoms with Crippen molar-refractivity contribution in [1.82, 2.24) is 10.2 Å². The monoisotopic (exact) mass is 407 g/mol. The van der Waals surface area contributed by atoms with Crippen molar-refractivity contribution in [1.29, 1.82) is 0 Å². The molecule has 0 amide bonds. The van der Waals surface area contributed by atoms with Crippen molar-refractivity contribution in [2.75, 3.05) is 19.6 Å². The zero-order valence-corrected chi connectivity index (χ0v) is 15.0. The Morgan fingerprint density at radius 3 is 2.73 bits per heavy atom. The summed E-state index contributed by atoms with van der Waals surface area (Å²) in [6.45, 7) is 4.05. The van der Waals surface area contributed by atoms with Crippen LogP contribution in [0.4, 0.5) is 0 Å². The third-order valence-corrected chi connectivity index (χ3v) is 4.37. The van der Waals surface area contributed by atoms with E-state index in [0.29, 0.717) is 0 Å². The first kappa shape index (κ1) is 15.6. The molecule has 0 unspecified atom stereocenters. The van der Waals surface area contributed by atoms with E-state index in [4.69, 9.17) is 0 Å². The van der Waals surface area contributed by atoms with E-state index in [9.17, 15) is 0 Å². The van der Waals surface area contributed by atoms with Crippen LogP contribution in [0.25, 0.3) is 10.8 Å². The molecule has 4 rings (SSSR count). The van der Waals surface area contributed by atoms with Crippen LogP contribution in [0.15, 0.2) is 47.5 Å². The van der Waals surface area contributed by atoms with Crippen LogP contribution in [0.5, 0.6) is 0 Å². The smallest absolute Gasteiger partial charge is 0.194 e. The van der Waals surface area contributed by atoms with Crippen molar-refractivity contribution < 1.29 is 0 Å². The first-order chi connectivity index (χ1) is 10.4. The summed E-state index contributed by atoms with van der Waals surface area (Å²) in [6, 6.07) is 15.2. The molecule has 2 aromatic rings. The van der Waals surface area contributed by atoms with Gasteiger partial charge in [-0.25, -0.2) is 0 Å². The molecule has 1 fully saturated rings. The van der Waals surface area contributed by atoms with E-state index in [0.717, 1.165) is 31.5 Å². The molecular weight excluding hydrogens is 385 g/mol. The predicted molar refractivity (Wildman–Crippen MR) is 103 cm³/mol. The summed E-state index contributed by atoms with van der Waals surface area (Å²) in [7, 11) is 0. The Labute approximate surface area is 148 Å². The number of nitrogens with zero attached hydrogens (tertiary/aromatic N) is 2. The molecule has 22 heavy (non-hydrogen) atoms. The van der Waals surface area contributed by atoms with Crippen LogP contribution in [0.3, 0.4) is 0 Å². The van der Waals surface area contributed by atoms with Gasteiger partial charge in [-0.1, -0.05) is 36.4 Å². The van der Waals surface area contributed by atoms with Crippen LogP contribution in [0.2, 0.25) is 0 Å². The van der Waals surface area contributed by atoms with Crippen molar-refractivity contribution in [2.45, 2.75) is 19.4 Å². The molecule has 0 atom stereocenters. The van der Waals surface area contributed by atoms with E-state index >= 15 is 0 Å². The SMILES string of the molecule is I.c1ccc2cc(CNC3=NCCN3CC3CC3)ccc2c1. The van der Waals surface area contributed by atoms with E-state index in [2.05, 4.69) is 57.7 Å². The minimum atomic E-state index is 0. The minimum Gasteiger partial charge on any atom is -0.352 e. The van der Waals surface area contributed by atoms with Gasteiger partial charge in [-0.15, -0.1) is 24.0 Å². The molecule has 2 aromatic carbocycles. The standard InChI is InChI=1S/C18H21N3.HI/c1-2-4-17-11-15(7-8-16(17)3-1)12-20-18-19-9-10-21(18)13-14-5-6-14;/h1-4,7-8,11,14H,5-6,9-10,12-13H2,(H,19,20);1H. The van der Waals surface area contributed by atoms with Gasteiger partial charge in [0.05, 0.1) is 6.54 Å². The Kier molecular flexibility index (Phi) is 4.86. The Morgan fingerprint density at radius 2 is 1.91 bits per heavy atom. The Bertz CT molecular complexity index is 679. The molecule has 1 N–H and O–H groups in total. The zero-order valence-electron chi connectivity index (χ0n) is 12.7. The Hall–Kier alpha value is -1.30. The first-order valence-corrected chi connectivity index (χ1v) is 7.89. The molecule has 0 aromatic heterocycles. The molecule has 1 aliphatic carbocycles. The number of fused-ring (bicyclic) bond motifs is 1. The van der Waals surface area contributed by atoms with E-state index in [1.54, 1.807) is 0 Å². The quantitative estimate of drug-likeness (QED) is 0.785. The van der Waals surface area contributed by atoms with E-state index in [1.807, 2.05) is 0 Å². The molecule has 0 spiro atoms. The van der Waals surface area contributed by atoms with Gasteiger partial charge in [-0.3, -0.25) is 4.99 Å². The summed E-state index contributed by atoms with van der Waals surface area (Å²) < 4.78 is 0. The lowest BCUT2D eigenvalue weighted by Gasteiger charge is -2.21. The van der Waals surface area contributed by atoms with Gasteiger partial charge in [0.25, 0.3) is 0 Å². The van der Waals surface area contributed by atoms with Gasteiger partial charge in [0.1, 0.15) is 0 Å². The molecule has 4 heteroatoms. The number of halogens is 1. The van der Waals surface area contributed by atoms with Crippen LogP contribution in [-0.2, 0) is 6.54 Å². The summed E-state index contributed by atoms with van der Waals surface area (Å²) in [5, 5.41) is 6.13. The van der Waals surface area contributed by atoms with Gasteiger partial charge in [0, 0.05) is 19.6 Å². The number of rotatable bonds is 4. The highest BCUT2D eigenvalue weighted by molar-refractivity contribution is 14.0. The van der Waals surface area contributed by atoms with Gasteiger partial charge in [0.2, 0.25) is 0 Å². The summed E-state index contributed by atoms with van der Waals surface area (Å²) in [4.78, 5) is 7.02. The highest BCUT2D eigenvalue weighted by atomic mass is 127. The topological polar surface area (TPSA) is 27.6 Å². The van der Waals surface area contributed by atoms with Crippen molar-refractivity contribution in [3.63, 3.8) is 0 Å². The van der Waals surface area contributed by atoms with Gasteiger partial charge < -0.3 is 10.2 Å². The van der Waals surface area contributed by atoms with Crippen LogP contribution < -0.4 is 5.32 Å². The average molecular weight is 407 g/mol. The van der Waals surface area contributed by atoms with E-state index in [-0.39, 0.29) is 24.0 Å². The van der Waals surface area contributed by atoms with Crippen molar-refractivity contribution in [3.8, 4) is 0 Å². The predicted octanol–water partition coefficient (Wildman–Crippen LogP) is 3.63. The third kappa shape index (κ3) is 3.54. The van der Waals surface area contributed by atoms with Gasteiger partial charge in [-0.2, -0.15) is 0 Å². The minimum absolute atomic E-state index is 0. The second-order valence-corrected chi connectivity index (χ2v) is 6.13. The van der Waals surface area contributed by atoms with Gasteiger partial charge >= 0.3 is 0 Å². The number of benzene rings is 2. The van der Waals surface area contributed by atoms with Gasteiger partial charge in [-0.05, 0) is 41.2 Å². The summed E-state index contributed by atoms with van der Waals surface area (Å²) in [5.41, 5.74) is 1.31. The molecule has 1 aliphatic heterocycles. The maximum atomic E-state index is 4.61. The lowest BCUT2D eigenvalue weighted by molar-refractivity contribution is 0.421. The van der Waals surface area contributed by atoms with E-state index < -0.39 is 0 Å². The van der Waals surface area contributed by atoms with Crippen molar-refractivity contribution >= 4 is 40.7 Å². The number of nitrogens with one attached hydrogen (secondary N) is 1. The Morgan fingerprint density at radius 1 is 1.09 bits per heavy atom. The molecule has 1 saturated carbocycles. The fourth-order valence-corrected chi connectivity index (χ4v) is 2.97. The summed E-state index contributed by atoms with van der Waals surface area (Å²) >= 11 is 0. The Balaban J connectivity index is 0.00000144. The maximum Gasteiger partial charge on any atom is 0.194 e. The molecule has 0 radical (unpaired) electrons. The van der Waals surface area contributed by atoms with Crippen LogP contribution in [0.1, 0.15) is 18.4 Å². The number of hydrogen-bond donors (Lipinski definition) is 1.